The molecule has 0 radical (unpaired) electrons. The van der Waals surface area contributed by atoms with Gasteiger partial charge in [0.15, 0.2) is 0 Å². The molecule has 0 saturated carbocycles. The Morgan fingerprint density at radius 1 is 0.657 bits per heavy atom. The van der Waals surface area contributed by atoms with Crippen LogP contribution in [-0.4, -0.2) is 26.4 Å². The topological polar surface area (TPSA) is 18.5 Å². The Labute approximate surface area is 213 Å². The van der Waals surface area contributed by atoms with Crippen LogP contribution in [0.2, 0.25) is 18.1 Å². The lowest BCUT2D eigenvalue weighted by Crippen LogP contribution is -2.53. The second-order valence-corrected chi connectivity index (χ2v) is 16.8. The first-order chi connectivity index (χ1) is 16.4. The van der Waals surface area contributed by atoms with Gasteiger partial charge in [-0.25, -0.2) is 0 Å². The van der Waals surface area contributed by atoms with E-state index < -0.39 is 26.4 Å². The number of hydrogen-bond donors (Lipinski definition) is 0. The van der Waals surface area contributed by atoms with Gasteiger partial charge in [-0.05, 0) is 54.9 Å². The van der Waals surface area contributed by atoms with Crippen molar-refractivity contribution in [2.45, 2.75) is 70.9 Å². The molecule has 0 atom stereocenters. The Balaban J connectivity index is 2.05. The standard InChI is InChI=1S/C31H39BO2Si/c1-29(2,35(7,8)26-22-16-11-17-23-26)28(32-33-30(3,4)31(5,6)34-32)27(24-18-12-9-13-19-24)25-20-14-10-15-21-25/h9-23H,1-8H3. The number of rotatable bonds is 6. The molecule has 1 saturated heterocycles. The van der Waals surface area contributed by atoms with Gasteiger partial charge in [-0.1, -0.05) is 123 Å². The zero-order chi connectivity index (χ0) is 25.5. The van der Waals surface area contributed by atoms with Crippen molar-refractivity contribution in [2.24, 2.45) is 0 Å². The van der Waals surface area contributed by atoms with Gasteiger partial charge in [0.1, 0.15) is 0 Å². The minimum absolute atomic E-state index is 0.184. The first kappa shape index (κ1) is 25.7. The van der Waals surface area contributed by atoms with Gasteiger partial charge in [-0.15, -0.1) is 0 Å². The highest BCUT2D eigenvalue weighted by molar-refractivity contribution is 6.94. The number of allylic oxidation sites excluding steroid dienone is 1. The molecule has 3 aromatic rings. The maximum absolute atomic E-state index is 6.81. The van der Waals surface area contributed by atoms with Crippen LogP contribution in [0.15, 0.2) is 96.5 Å². The van der Waals surface area contributed by atoms with Crippen LogP contribution in [0.5, 0.6) is 0 Å². The maximum atomic E-state index is 6.81. The second-order valence-electron chi connectivity index (χ2n) is 11.7. The highest BCUT2D eigenvalue weighted by Crippen LogP contribution is 2.53. The monoisotopic (exact) mass is 482 g/mol. The molecule has 182 valence electrons. The molecule has 0 aliphatic carbocycles. The van der Waals surface area contributed by atoms with Crippen LogP contribution in [0.3, 0.4) is 0 Å². The summed E-state index contributed by atoms with van der Waals surface area (Å²) < 4.78 is 13.6. The molecule has 35 heavy (non-hydrogen) atoms. The Bertz CT molecular complexity index is 1120. The Kier molecular flexibility index (Phi) is 6.78. The van der Waals surface area contributed by atoms with Gasteiger partial charge in [0.2, 0.25) is 0 Å². The summed E-state index contributed by atoms with van der Waals surface area (Å²) in [7, 11) is -2.52. The van der Waals surface area contributed by atoms with Crippen LogP contribution in [0.1, 0.15) is 52.7 Å². The quantitative estimate of drug-likeness (QED) is 0.339. The Morgan fingerprint density at radius 3 is 1.43 bits per heavy atom. The zero-order valence-corrected chi connectivity index (χ0v) is 23.6. The summed E-state index contributed by atoms with van der Waals surface area (Å²) in [5.41, 5.74) is 3.98. The minimum atomic E-state index is -2.08. The molecule has 0 aromatic heterocycles. The highest BCUT2D eigenvalue weighted by Gasteiger charge is 2.58. The molecule has 1 heterocycles. The Hall–Kier alpha value is -2.40. The molecule has 1 aliphatic heterocycles. The molecule has 0 spiro atoms. The third kappa shape index (κ3) is 4.60. The molecule has 0 amide bonds. The van der Waals surface area contributed by atoms with Crippen molar-refractivity contribution in [3.63, 3.8) is 0 Å². The largest absolute Gasteiger partial charge is 0.491 e. The molecule has 2 nitrogen and oxygen atoms in total. The van der Waals surface area contributed by atoms with Crippen molar-refractivity contribution < 1.29 is 9.31 Å². The molecule has 1 aliphatic rings. The summed E-state index contributed by atoms with van der Waals surface area (Å²) in [6.07, 6.45) is 0. The summed E-state index contributed by atoms with van der Waals surface area (Å²) in [5.74, 6) is 0. The van der Waals surface area contributed by atoms with Crippen LogP contribution in [0, 0.1) is 0 Å². The van der Waals surface area contributed by atoms with E-state index in [1.165, 1.54) is 27.4 Å². The third-order valence-electron chi connectivity index (χ3n) is 8.61. The second kappa shape index (κ2) is 9.24. The van der Waals surface area contributed by atoms with E-state index in [1.807, 2.05) is 0 Å². The van der Waals surface area contributed by atoms with E-state index in [0.717, 1.165) is 0 Å². The van der Waals surface area contributed by atoms with Crippen LogP contribution in [0.4, 0.5) is 0 Å². The predicted molar refractivity (Wildman–Crippen MR) is 153 cm³/mol. The summed E-state index contributed by atoms with van der Waals surface area (Å²) >= 11 is 0. The van der Waals surface area contributed by atoms with Gasteiger partial charge >= 0.3 is 7.12 Å². The fourth-order valence-electron chi connectivity index (χ4n) is 4.93. The first-order valence-corrected chi connectivity index (χ1v) is 15.7. The number of hydrogen-bond acceptors (Lipinski definition) is 2. The van der Waals surface area contributed by atoms with E-state index in [2.05, 4.69) is 146 Å². The Morgan fingerprint density at radius 2 is 1.03 bits per heavy atom. The van der Waals surface area contributed by atoms with E-state index in [0.29, 0.717) is 0 Å². The van der Waals surface area contributed by atoms with Gasteiger partial charge in [-0.3, -0.25) is 0 Å². The SMILES string of the molecule is CC1(C)OB(C(=C(c2ccccc2)c2ccccc2)C(C)(C)[Si](C)(C)c2ccccc2)OC1(C)C. The fourth-order valence-corrected chi connectivity index (χ4v) is 7.59. The summed E-state index contributed by atoms with van der Waals surface area (Å²) in [6.45, 7) is 18.3. The van der Waals surface area contributed by atoms with Gasteiger partial charge in [-0.2, -0.15) is 0 Å². The van der Waals surface area contributed by atoms with E-state index in [-0.39, 0.29) is 5.04 Å². The fraction of sp³-hybridized carbons (Fsp3) is 0.355. The molecular weight excluding hydrogens is 443 g/mol. The maximum Gasteiger partial charge on any atom is 0.491 e. The van der Waals surface area contributed by atoms with E-state index in [9.17, 15) is 0 Å². The van der Waals surface area contributed by atoms with Gasteiger partial charge < -0.3 is 9.31 Å². The van der Waals surface area contributed by atoms with Crippen molar-refractivity contribution in [1.29, 1.82) is 0 Å². The normalized spacial score (nSPS) is 17.3. The smallest absolute Gasteiger partial charge is 0.400 e. The average molecular weight is 483 g/mol. The van der Waals surface area contributed by atoms with Gasteiger partial charge in [0.25, 0.3) is 0 Å². The highest BCUT2D eigenvalue weighted by atomic mass is 28.3. The van der Waals surface area contributed by atoms with E-state index in [4.69, 9.17) is 9.31 Å². The number of benzene rings is 3. The van der Waals surface area contributed by atoms with Crippen molar-refractivity contribution in [1.82, 2.24) is 0 Å². The summed E-state index contributed by atoms with van der Waals surface area (Å²) in [4.78, 5) is 0. The first-order valence-electron chi connectivity index (χ1n) is 12.7. The van der Waals surface area contributed by atoms with Gasteiger partial charge in [0.05, 0.1) is 19.3 Å². The molecule has 0 N–H and O–H groups in total. The molecular formula is C31H39BO2Si. The van der Waals surface area contributed by atoms with Gasteiger partial charge in [0, 0.05) is 0 Å². The van der Waals surface area contributed by atoms with Crippen molar-refractivity contribution >= 4 is 26.0 Å². The molecule has 3 aromatic carbocycles. The molecule has 4 rings (SSSR count). The van der Waals surface area contributed by atoms with Crippen molar-refractivity contribution in [2.75, 3.05) is 0 Å². The summed E-state index contributed by atoms with van der Waals surface area (Å²) in [6, 6.07) is 32.5. The molecule has 0 bridgehead atoms. The van der Waals surface area contributed by atoms with Crippen LogP contribution in [0.25, 0.3) is 5.57 Å². The lowest BCUT2D eigenvalue weighted by atomic mass is 9.66. The van der Waals surface area contributed by atoms with Crippen LogP contribution >= 0.6 is 0 Å². The summed E-state index contributed by atoms with van der Waals surface area (Å²) in [5, 5.41) is 1.25. The van der Waals surface area contributed by atoms with Crippen molar-refractivity contribution in [3.8, 4) is 0 Å². The lowest BCUT2D eigenvalue weighted by molar-refractivity contribution is 0.00578. The van der Waals surface area contributed by atoms with E-state index in [1.54, 1.807) is 0 Å². The molecule has 4 heteroatoms. The zero-order valence-electron chi connectivity index (χ0n) is 22.6. The minimum Gasteiger partial charge on any atom is -0.400 e. The third-order valence-corrected chi connectivity index (χ3v) is 13.8. The predicted octanol–water partition coefficient (Wildman–Crippen LogP) is 7.52. The lowest BCUT2D eigenvalue weighted by Gasteiger charge is -2.44. The van der Waals surface area contributed by atoms with Crippen LogP contribution in [-0.2, 0) is 9.31 Å². The van der Waals surface area contributed by atoms with E-state index >= 15 is 0 Å². The average Bonchev–Trinajstić information content (AvgIpc) is 3.04. The van der Waals surface area contributed by atoms with Crippen molar-refractivity contribution in [3.05, 3.63) is 108 Å². The molecule has 0 unspecified atom stereocenters. The van der Waals surface area contributed by atoms with Crippen LogP contribution < -0.4 is 5.19 Å². The molecule has 1 fully saturated rings.